The largest absolute Gasteiger partial charge is 0.268 e. The van der Waals surface area contributed by atoms with Gasteiger partial charge in [0.05, 0.1) is 39.2 Å². The van der Waals surface area contributed by atoms with Crippen LogP contribution in [0.4, 0.5) is 27.6 Å². The van der Waals surface area contributed by atoms with E-state index < -0.39 is 64.7 Å². The lowest BCUT2D eigenvalue weighted by Gasteiger charge is -2.16. The van der Waals surface area contributed by atoms with Crippen LogP contribution in [-0.4, -0.2) is 27.1 Å². The molecular weight excluding hydrogens is 698 g/mol. The fourth-order valence-corrected chi connectivity index (χ4v) is 7.92. The van der Waals surface area contributed by atoms with Crippen LogP contribution >= 0.6 is 0 Å². The van der Waals surface area contributed by atoms with E-state index in [1.807, 2.05) is 6.07 Å². The Balaban J connectivity index is 1.77. The summed E-state index contributed by atoms with van der Waals surface area (Å²) in [6.07, 6.45) is -2.11. The molecule has 7 nitrogen and oxygen atoms in total. The van der Waals surface area contributed by atoms with Crippen molar-refractivity contribution in [3.8, 4) is 39.6 Å². The Morgan fingerprint density at radius 1 is 0.760 bits per heavy atom. The van der Waals surface area contributed by atoms with Gasteiger partial charge in [-0.25, -0.2) is 47.6 Å². The zero-order valence-electron chi connectivity index (χ0n) is 25.5. The van der Waals surface area contributed by atoms with Crippen LogP contribution in [0.3, 0.4) is 0 Å². The predicted molar refractivity (Wildman–Crippen MR) is 176 cm³/mol. The molecule has 0 spiro atoms. The fourth-order valence-electron chi connectivity index (χ4n) is 5.74. The van der Waals surface area contributed by atoms with Gasteiger partial charge in [-0.1, -0.05) is 42.5 Å². The first-order valence-electron chi connectivity index (χ1n) is 14.4. The number of benzene rings is 5. The number of aromatic nitrogens is 1. The van der Waals surface area contributed by atoms with Gasteiger partial charge in [-0.3, -0.25) is 0 Å². The van der Waals surface area contributed by atoms with E-state index in [4.69, 9.17) is 6.57 Å². The number of nitriles is 1. The van der Waals surface area contributed by atoms with Crippen LogP contribution in [0.1, 0.15) is 17.6 Å². The molecule has 0 fully saturated rings. The molecule has 0 bridgehead atoms. The van der Waals surface area contributed by atoms with Crippen LogP contribution in [0.2, 0.25) is 0 Å². The quantitative estimate of drug-likeness (QED) is 0.121. The molecule has 0 unspecified atom stereocenters. The number of hydrogen-bond acceptors (Lipinski definition) is 5. The second-order valence-electron chi connectivity index (χ2n) is 11.1. The van der Waals surface area contributed by atoms with E-state index in [0.29, 0.717) is 12.1 Å². The molecule has 1 aromatic heterocycles. The lowest BCUT2D eigenvalue weighted by atomic mass is 9.92. The highest BCUT2D eigenvalue weighted by atomic mass is 32.2. The molecule has 5 aromatic carbocycles. The third-order valence-corrected chi connectivity index (χ3v) is 10.8. The maximum Gasteiger partial charge on any atom is 0.268 e. The molecule has 0 atom stereocenters. The van der Waals surface area contributed by atoms with Gasteiger partial charge < -0.3 is 0 Å². The number of fused-ring (bicyclic) bond motifs is 1. The first-order chi connectivity index (χ1) is 23.7. The van der Waals surface area contributed by atoms with Gasteiger partial charge >= 0.3 is 0 Å². The third-order valence-electron chi connectivity index (χ3n) is 7.96. The Bertz CT molecular complexity index is 2620. The first kappa shape index (κ1) is 34.0. The summed E-state index contributed by atoms with van der Waals surface area (Å²) in [5.74, 6) is -3.27. The average Bonchev–Trinajstić information content (AvgIpc) is 3.42. The van der Waals surface area contributed by atoms with Gasteiger partial charge in [0.25, 0.3) is 16.4 Å². The van der Waals surface area contributed by atoms with E-state index in [9.17, 15) is 35.3 Å². The molecule has 0 saturated carbocycles. The van der Waals surface area contributed by atoms with Crippen LogP contribution in [-0.2, 0) is 19.9 Å². The summed E-state index contributed by atoms with van der Waals surface area (Å²) in [7, 11) is -8.76. The summed E-state index contributed by atoms with van der Waals surface area (Å²) >= 11 is 0. The van der Waals surface area contributed by atoms with Gasteiger partial charge in [0.1, 0.15) is 17.5 Å². The minimum atomic E-state index is -4.77. The van der Waals surface area contributed by atoms with E-state index >= 15 is 8.78 Å². The van der Waals surface area contributed by atoms with Crippen LogP contribution in [0.15, 0.2) is 107 Å². The molecule has 0 N–H and O–H groups in total. The molecule has 0 aliphatic carbocycles. The van der Waals surface area contributed by atoms with Crippen molar-refractivity contribution < 1.29 is 38.8 Å². The molecule has 0 aliphatic heterocycles. The van der Waals surface area contributed by atoms with E-state index in [0.717, 1.165) is 52.7 Å². The Morgan fingerprint density at radius 2 is 1.40 bits per heavy atom. The minimum Gasteiger partial charge on any atom is -0.237 e. The average molecular weight is 718 g/mol. The molecule has 0 aliphatic rings. The number of sulfone groups is 1. The molecule has 0 amide bonds. The van der Waals surface area contributed by atoms with E-state index in [2.05, 4.69) is 4.85 Å². The predicted octanol–water partition coefficient (Wildman–Crippen LogP) is 9.06. The van der Waals surface area contributed by atoms with Crippen LogP contribution < -0.4 is 0 Å². The Hall–Kier alpha value is -5.83. The van der Waals surface area contributed by atoms with Crippen molar-refractivity contribution in [2.75, 3.05) is 6.26 Å². The van der Waals surface area contributed by atoms with E-state index in [1.54, 1.807) is 0 Å². The summed E-state index contributed by atoms with van der Waals surface area (Å²) in [5, 5.41) is 10.0. The van der Waals surface area contributed by atoms with Crippen LogP contribution in [0, 0.1) is 35.4 Å². The smallest absolute Gasteiger partial charge is 0.237 e. The van der Waals surface area contributed by atoms with Gasteiger partial charge in [-0.05, 0) is 60.2 Å². The van der Waals surface area contributed by atoms with Gasteiger partial charge in [-0.2, -0.15) is 5.26 Å². The van der Waals surface area contributed by atoms with Gasteiger partial charge in [-0.15, -0.1) is 0 Å². The summed E-state index contributed by atoms with van der Waals surface area (Å²) in [6, 6.07) is 19.6. The van der Waals surface area contributed by atoms with Gasteiger partial charge in [0, 0.05) is 39.5 Å². The normalized spacial score (nSPS) is 11.9. The number of hydrogen-bond donors (Lipinski definition) is 0. The summed E-state index contributed by atoms with van der Waals surface area (Å²) < 4.78 is 126. The van der Waals surface area contributed by atoms with Gasteiger partial charge in [0.2, 0.25) is 0 Å². The standard InChI is InChI=1S/C36H20F5N3O4S2/c1-43-30-8-4-7-23(19-42)33(30)34-27-16-24(37)11-14-31(27)44(50(47,48)25-12-9-20(10-13-25)36(40)41)35(34)22-6-3-5-21(15-22)32-28(38)17-26(18-29(32)39)49(2,45)46/h3-18,36H,2H3. The topological polar surface area (TPSA) is 101 Å². The lowest BCUT2D eigenvalue weighted by molar-refractivity contribution is 0.151. The highest BCUT2D eigenvalue weighted by Crippen LogP contribution is 2.48. The fraction of sp³-hybridized carbons (Fsp3) is 0.0556. The Kier molecular flexibility index (Phi) is 8.56. The second kappa shape index (κ2) is 12.6. The number of nitrogens with zero attached hydrogens (tertiary/aromatic N) is 3. The second-order valence-corrected chi connectivity index (χ2v) is 14.9. The molecule has 14 heteroatoms. The molecular formula is C36H20F5N3O4S2. The van der Waals surface area contributed by atoms with Crippen molar-refractivity contribution >= 4 is 36.5 Å². The van der Waals surface area contributed by atoms with E-state index in [1.165, 1.54) is 42.5 Å². The zero-order chi connectivity index (χ0) is 36.1. The maximum atomic E-state index is 15.4. The molecule has 6 aromatic rings. The number of alkyl halides is 2. The Labute approximate surface area is 282 Å². The molecule has 50 heavy (non-hydrogen) atoms. The Morgan fingerprint density at radius 3 is 2.00 bits per heavy atom. The SMILES string of the molecule is [C-]#[N+]c1cccc(C#N)c1-c1c(-c2cccc(-c3c(F)cc(S(C)(=O)=O)cc3F)c2)n(S(=O)(=O)c2ccc(C(F)F)cc2)c2ccc(F)cc12. The van der Waals surface area contributed by atoms with Crippen molar-refractivity contribution in [2.24, 2.45) is 0 Å². The summed E-state index contributed by atoms with van der Waals surface area (Å²) in [4.78, 5) is 2.46. The van der Waals surface area contributed by atoms with Gasteiger partial charge in [0.15, 0.2) is 15.5 Å². The molecule has 0 saturated heterocycles. The molecule has 0 radical (unpaired) electrons. The highest BCUT2D eigenvalue weighted by molar-refractivity contribution is 7.90. The number of rotatable bonds is 7. The van der Waals surface area contributed by atoms with Crippen molar-refractivity contribution in [3.05, 3.63) is 137 Å². The van der Waals surface area contributed by atoms with Crippen molar-refractivity contribution in [2.45, 2.75) is 16.2 Å². The van der Waals surface area contributed by atoms with Crippen molar-refractivity contribution in [1.29, 1.82) is 5.26 Å². The monoisotopic (exact) mass is 717 g/mol. The van der Waals surface area contributed by atoms with Crippen molar-refractivity contribution in [1.82, 2.24) is 3.97 Å². The lowest BCUT2D eigenvalue weighted by Crippen LogP contribution is -2.14. The van der Waals surface area contributed by atoms with Crippen LogP contribution in [0.5, 0.6) is 0 Å². The summed E-state index contributed by atoms with van der Waals surface area (Å²) in [5.41, 5.74) is -1.96. The summed E-state index contributed by atoms with van der Waals surface area (Å²) in [6.45, 7) is 7.83. The van der Waals surface area contributed by atoms with Crippen molar-refractivity contribution in [3.63, 3.8) is 0 Å². The molecule has 250 valence electrons. The third kappa shape index (κ3) is 5.78. The van der Waals surface area contributed by atoms with E-state index in [-0.39, 0.29) is 50.1 Å². The minimum absolute atomic E-state index is 0.0310. The zero-order valence-corrected chi connectivity index (χ0v) is 27.1. The van der Waals surface area contributed by atoms with Crippen LogP contribution in [0.25, 0.3) is 49.3 Å². The molecule has 1 heterocycles. The first-order valence-corrected chi connectivity index (χ1v) is 17.7. The highest BCUT2D eigenvalue weighted by Gasteiger charge is 2.31. The molecule has 6 rings (SSSR count). The number of halogens is 5. The maximum absolute atomic E-state index is 15.4.